The number of rotatable bonds is 4. The molecular weight excluding hydrogens is 386 g/mol. The van der Waals surface area contributed by atoms with E-state index in [-0.39, 0.29) is 12.2 Å². The predicted molar refractivity (Wildman–Crippen MR) is 92.9 cm³/mol. The van der Waals surface area contributed by atoms with Gasteiger partial charge in [-0.25, -0.2) is 4.79 Å². The number of hydrogen-bond acceptors (Lipinski definition) is 1. The first-order valence-corrected chi connectivity index (χ1v) is 8.19. The Balaban J connectivity index is 2.00. The number of halogens is 6. The summed E-state index contributed by atoms with van der Waals surface area (Å²) >= 11 is 0. The van der Waals surface area contributed by atoms with E-state index in [0.29, 0.717) is 5.56 Å². The van der Waals surface area contributed by atoms with Gasteiger partial charge in [-0.15, -0.1) is 0 Å². The summed E-state index contributed by atoms with van der Waals surface area (Å²) < 4.78 is 76.2. The summed E-state index contributed by atoms with van der Waals surface area (Å²) in [6.07, 6.45) is -8.95. The fourth-order valence-corrected chi connectivity index (χ4v) is 2.44. The van der Waals surface area contributed by atoms with Crippen molar-refractivity contribution in [1.82, 2.24) is 5.32 Å². The average Bonchev–Trinajstić information content (AvgIpc) is 2.59. The Morgan fingerprint density at radius 2 is 1.36 bits per heavy atom. The zero-order valence-electron chi connectivity index (χ0n) is 15.0. The van der Waals surface area contributed by atoms with E-state index in [9.17, 15) is 31.1 Å². The molecule has 0 aromatic heterocycles. The van der Waals surface area contributed by atoms with Gasteiger partial charge < -0.3 is 10.6 Å². The summed E-state index contributed by atoms with van der Waals surface area (Å²) in [5.74, 6) is 0. The molecular formula is C19H18F6N2O. The van der Waals surface area contributed by atoms with Gasteiger partial charge in [0, 0.05) is 17.6 Å². The molecule has 3 nitrogen and oxygen atoms in total. The summed E-state index contributed by atoms with van der Waals surface area (Å²) in [7, 11) is 0. The van der Waals surface area contributed by atoms with Gasteiger partial charge in [-0.3, -0.25) is 0 Å². The third-order valence-corrected chi connectivity index (χ3v) is 4.13. The lowest BCUT2D eigenvalue weighted by molar-refractivity contribution is -0.138. The largest absolute Gasteiger partial charge is 0.416 e. The van der Waals surface area contributed by atoms with Gasteiger partial charge in [-0.2, -0.15) is 26.3 Å². The average molecular weight is 404 g/mol. The molecule has 0 atom stereocenters. The van der Waals surface area contributed by atoms with Crippen LogP contribution in [0.1, 0.15) is 30.5 Å². The quantitative estimate of drug-likeness (QED) is 0.619. The first kappa shape index (κ1) is 21.6. The zero-order chi connectivity index (χ0) is 21.2. The van der Waals surface area contributed by atoms with Crippen molar-refractivity contribution < 1.29 is 31.1 Å². The van der Waals surface area contributed by atoms with Crippen molar-refractivity contribution >= 4 is 11.7 Å². The molecule has 2 aromatic carbocycles. The Kier molecular flexibility index (Phi) is 5.96. The summed E-state index contributed by atoms with van der Waals surface area (Å²) in [5.41, 5.74) is -1.89. The molecule has 152 valence electrons. The molecule has 0 bridgehead atoms. The van der Waals surface area contributed by atoms with Crippen molar-refractivity contribution in [2.24, 2.45) is 0 Å². The molecule has 9 heteroatoms. The molecule has 2 N–H and O–H groups in total. The minimum Gasteiger partial charge on any atom is -0.337 e. The lowest BCUT2D eigenvalue weighted by Gasteiger charge is -2.26. The topological polar surface area (TPSA) is 41.1 Å². The van der Waals surface area contributed by atoms with Gasteiger partial charge in [-0.05, 0) is 35.9 Å². The third-order valence-electron chi connectivity index (χ3n) is 4.13. The van der Waals surface area contributed by atoms with E-state index < -0.39 is 34.9 Å². The van der Waals surface area contributed by atoms with Crippen LogP contribution in [0.2, 0.25) is 0 Å². The molecule has 0 unspecified atom stereocenters. The molecule has 0 aliphatic carbocycles. The first-order valence-electron chi connectivity index (χ1n) is 8.19. The minimum absolute atomic E-state index is 0.0147. The number of carbonyl (C=O) groups is 1. The summed E-state index contributed by atoms with van der Waals surface area (Å²) in [6.45, 7) is 3.35. The highest BCUT2D eigenvalue weighted by molar-refractivity contribution is 5.89. The van der Waals surface area contributed by atoms with Crippen molar-refractivity contribution in [2.75, 3.05) is 11.9 Å². The number of benzene rings is 2. The smallest absolute Gasteiger partial charge is 0.337 e. The second kappa shape index (κ2) is 7.73. The number of amides is 2. The molecule has 2 aromatic rings. The van der Waals surface area contributed by atoms with Crippen LogP contribution < -0.4 is 10.6 Å². The molecule has 0 aliphatic rings. The first-order chi connectivity index (χ1) is 12.8. The van der Waals surface area contributed by atoms with E-state index in [0.717, 1.165) is 36.4 Å². The molecule has 2 amide bonds. The Bertz CT molecular complexity index is 826. The van der Waals surface area contributed by atoms with E-state index in [1.807, 2.05) is 0 Å². The SMILES string of the molecule is CC(C)(CNC(=O)Nc1ccc(C(F)(F)F)cc1)c1cccc(C(F)(F)F)c1. The van der Waals surface area contributed by atoms with Gasteiger partial charge in [0.15, 0.2) is 0 Å². The lowest BCUT2D eigenvalue weighted by atomic mass is 9.84. The maximum Gasteiger partial charge on any atom is 0.416 e. The Hall–Kier alpha value is -2.71. The van der Waals surface area contributed by atoms with Crippen LogP contribution >= 0.6 is 0 Å². The van der Waals surface area contributed by atoms with Gasteiger partial charge in [0.05, 0.1) is 11.1 Å². The molecule has 0 spiro atoms. The second-order valence-electron chi connectivity index (χ2n) is 6.85. The van der Waals surface area contributed by atoms with Crippen LogP contribution in [0.4, 0.5) is 36.8 Å². The van der Waals surface area contributed by atoms with Crippen LogP contribution in [0.5, 0.6) is 0 Å². The van der Waals surface area contributed by atoms with Gasteiger partial charge in [0.2, 0.25) is 0 Å². The van der Waals surface area contributed by atoms with Crippen LogP contribution in [0.15, 0.2) is 48.5 Å². The maximum absolute atomic E-state index is 12.9. The minimum atomic E-state index is -4.48. The molecule has 28 heavy (non-hydrogen) atoms. The molecule has 0 saturated heterocycles. The number of carbonyl (C=O) groups excluding carboxylic acids is 1. The van der Waals surface area contributed by atoms with E-state index in [1.165, 1.54) is 12.1 Å². The third kappa shape index (κ3) is 5.64. The summed E-state index contributed by atoms with van der Waals surface area (Å²) in [5, 5.41) is 4.90. The van der Waals surface area contributed by atoms with E-state index in [4.69, 9.17) is 0 Å². The highest BCUT2D eigenvalue weighted by Crippen LogP contribution is 2.33. The number of anilines is 1. The Morgan fingerprint density at radius 3 is 1.89 bits per heavy atom. The Morgan fingerprint density at radius 1 is 0.821 bits per heavy atom. The van der Waals surface area contributed by atoms with Crippen molar-refractivity contribution in [1.29, 1.82) is 0 Å². The van der Waals surface area contributed by atoms with Crippen molar-refractivity contribution in [3.8, 4) is 0 Å². The zero-order valence-corrected chi connectivity index (χ0v) is 15.0. The standard InChI is InChI=1S/C19H18F6N2O/c1-17(2,13-4-3-5-14(10-13)19(23,24)25)11-26-16(28)27-15-8-6-12(7-9-15)18(20,21)22/h3-10H,11H2,1-2H3,(H2,26,27,28). The maximum atomic E-state index is 12.9. The summed E-state index contributed by atoms with van der Waals surface area (Å²) in [6, 6.07) is 8.03. The van der Waals surface area contributed by atoms with Crippen LogP contribution in [0, 0.1) is 0 Å². The molecule has 2 rings (SSSR count). The van der Waals surface area contributed by atoms with Gasteiger partial charge >= 0.3 is 18.4 Å². The fraction of sp³-hybridized carbons (Fsp3) is 0.316. The van der Waals surface area contributed by atoms with Crippen molar-refractivity contribution in [3.63, 3.8) is 0 Å². The van der Waals surface area contributed by atoms with E-state index in [1.54, 1.807) is 13.8 Å². The molecule has 0 heterocycles. The van der Waals surface area contributed by atoms with Gasteiger partial charge in [-0.1, -0.05) is 32.0 Å². The fourth-order valence-electron chi connectivity index (χ4n) is 2.44. The highest BCUT2D eigenvalue weighted by atomic mass is 19.4. The van der Waals surface area contributed by atoms with E-state index >= 15 is 0 Å². The normalized spacial score (nSPS) is 12.6. The van der Waals surface area contributed by atoms with Crippen molar-refractivity contribution in [3.05, 3.63) is 65.2 Å². The number of hydrogen-bond donors (Lipinski definition) is 2. The van der Waals surface area contributed by atoms with E-state index in [2.05, 4.69) is 10.6 Å². The second-order valence-corrected chi connectivity index (χ2v) is 6.85. The molecule has 0 fully saturated rings. The number of nitrogens with one attached hydrogen (secondary N) is 2. The number of alkyl halides is 6. The van der Waals surface area contributed by atoms with Crippen LogP contribution in [0.3, 0.4) is 0 Å². The van der Waals surface area contributed by atoms with Gasteiger partial charge in [0.25, 0.3) is 0 Å². The van der Waals surface area contributed by atoms with Crippen LogP contribution in [0.25, 0.3) is 0 Å². The van der Waals surface area contributed by atoms with Crippen LogP contribution in [-0.4, -0.2) is 12.6 Å². The predicted octanol–water partition coefficient (Wildman–Crippen LogP) is 5.82. The molecule has 0 aliphatic heterocycles. The van der Waals surface area contributed by atoms with Crippen LogP contribution in [-0.2, 0) is 17.8 Å². The number of urea groups is 1. The monoisotopic (exact) mass is 404 g/mol. The summed E-state index contributed by atoms with van der Waals surface area (Å²) in [4.78, 5) is 12.0. The molecule has 0 radical (unpaired) electrons. The lowest BCUT2D eigenvalue weighted by Crippen LogP contribution is -2.39. The van der Waals surface area contributed by atoms with Crippen molar-refractivity contribution in [2.45, 2.75) is 31.6 Å². The molecule has 0 saturated carbocycles. The Labute approximate surface area is 157 Å². The highest BCUT2D eigenvalue weighted by Gasteiger charge is 2.32. The van der Waals surface area contributed by atoms with Gasteiger partial charge in [0.1, 0.15) is 0 Å².